The number of hydrogen-bond donors (Lipinski definition) is 2. The summed E-state index contributed by atoms with van der Waals surface area (Å²) < 4.78 is 26.7. The Morgan fingerprint density at radius 3 is 2.38 bits per heavy atom. The minimum atomic E-state index is -3.67. The lowest BCUT2D eigenvalue weighted by molar-refractivity contribution is -0.137. The van der Waals surface area contributed by atoms with E-state index in [0.717, 1.165) is 4.31 Å². The van der Waals surface area contributed by atoms with Gasteiger partial charge in [-0.05, 0) is 12.3 Å². The molecule has 0 aliphatic heterocycles. The number of carboxylic acid groups (broad SMARTS) is 1. The molecular formula is C9H20N2O4S. The van der Waals surface area contributed by atoms with E-state index in [1.807, 2.05) is 13.8 Å². The molecule has 0 atom stereocenters. The molecule has 6 nitrogen and oxygen atoms in total. The lowest BCUT2D eigenvalue weighted by Gasteiger charge is -2.20. The fraction of sp³-hybridized carbons (Fsp3) is 0.889. The Balaban J connectivity index is 4.55. The van der Waals surface area contributed by atoms with Crippen LogP contribution in [0.5, 0.6) is 0 Å². The standard InChI is InChI=1S/C9H20N2O4S/c1-4-5-11(7-9(12)13)16(14,15)10-6-8(2)3/h8,10H,4-7H2,1-3H3,(H,12,13). The zero-order chi connectivity index (χ0) is 12.8. The monoisotopic (exact) mass is 252 g/mol. The van der Waals surface area contributed by atoms with Gasteiger partial charge in [-0.1, -0.05) is 20.8 Å². The summed E-state index contributed by atoms with van der Waals surface area (Å²) >= 11 is 0. The summed E-state index contributed by atoms with van der Waals surface area (Å²) in [4.78, 5) is 10.5. The largest absolute Gasteiger partial charge is 0.480 e. The third kappa shape index (κ3) is 6.04. The van der Waals surface area contributed by atoms with Gasteiger partial charge in [-0.3, -0.25) is 4.79 Å². The second-order valence-electron chi connectivity index (χ2n) is 3.97. The average Bonchev–Trinajstić information content (AvgIpc) is 2.14. The van der Waals surface area contributed by atoms with Crippen LogP contribution in [0.25, 0.3) is 0 Å². The van der Waals surface area contributed by atoms with Gasteiger partial charge in [0.25, 0.3) is 10.2 Å². The fourth-order valence-electron chi connectivity index (χ4n) is 1.05. The highest BCUT2D eigenvalue weighted by atomic mass is 32.2. The maximum atomic E-state index is 11.7. The number of aliphatic carboxylic acids is 1. The van der Waals surface area contributed by atoms with Crippen LogP contribution in [-0.4, -0.2) is 43.4 Å². The van der Waals surface area contributed by atoms with Crippen molar-refractivity contribution in [3.05, 3.63) is 0 Å². The molecule has 7 heteroatoms. The van der Waals surface area contributed by atoms with Gasteiger partial charge < -0.3 is 5.11 Å². The Labute approximate surface area is 96.8 Å². The van der Waals surface area contributed by atoms with E-state index in [-0.39, 0.29) is 12.5 Å². The number of nitrogens with one attached hydrogen (secondary N) is 1. The lowest BCUT2D eigenvalue weighted by Crippen LogP contribution is -2.44. The molecule has 0 fully saturated rings. The molecule has 0 heterocycles. The Morgan fingerprint density at radius 1 is 1.44 bits per heavy atom. The summed E-state index contributed by atoms with van der Waals surface area (Å²) in [6.07, 6.45) is 0.579. The Morgan fingerprint density at radius 2 is 2.00 bits per heavy atom. The first kappa shape index (κ1) is 15.3. The molecule has 0 aromatic carbocycles. The first-order valence-electron chi connectivity index (χ1n) is 5.26. The van der Waals surface area contributed by atoms with Gasteiger partial charge in [0.05, 0.1) is 0 Å². The topological polar surface area (TPSA) is 86.7 Å². The Hall–Kier alpha value is -0.660. The molecule has 0 aromatic rings. The maximum Gasteiger partial charge on any atom is 0.318 e. The highest BCUT2D eigenvalue weighted by molar-refractivity contribution is 7.87. The van der Waals surface area contributed by atoms with Crippen LogP contribution in [0, 0.1) is 5.92 Å². The molecule has 0 unspecified atom stereocenters. The molecule has 0 amide bonds. The summed E-state index contributed by atoms with van der Waals surface area (Å²) in [5.41, 5.74) is 0. The molecule has 0 bridgehead atoms. The number of carbonyl (C=O) groups is 1. The van der Waals surface area contributed by atoms with E-state index in [9.17, 15) is 13.2 Å². The van der Waals surface area contributed by atoms with Gasteiger partial charge in [0.15, 0.2) is 0 Å². The smallest absolute Gasteiger partial charge is 0.318 e. The Bertz CT molecular complexity index is 313. The van der Waals surface area contributed by atoms with Crippen molar-refractivity contribution >= 4 is 16.2 Å². The molecule has 0 aromatic heterocycles. The molecule has 0 saturated heterocycles. The van der Waals surface area contributed by atoms with E-state index in [1.54, 1.807) is 6.92 Å². The quantitative estimate of drug-likeness (QED) is 0.649. The average molecular weight is 252 g/mol. The van der Waals surface area contributed by atoms with Crippen LogP contribution in [-0.2, 0) is 15.0 Å². The van der Waals surface area contributed by atoms with Crippen molar-refractivity contribution in [1.82, 2.24) is 9.03 Å². The van der Waals surface area contributed by atoms with Crippen LogP contribution in [0.1, 0.15) is 27.2 Å². The van der Waals surface area contributed by atoms with Crippen molar-refractivity contribution in [1.29, 1.82) is 0 Å². The molecule has 0 aliphatic rings. The predicted octanol–water partition coefficient (Wildman–Crippen LogP) is 0.273. The zero-order valence-corrected chi connectivity index (χ0v) is 10.7. The fourth-order valence-corrected chi connectivity index (χ4v) is 2.48. The summed E-state index contributed by atoms with van der Waals surface area (Å²) in [5, 5.41) is 8.62. The van der Waals surface area contributed by atoms with E-state index in [1.165, 1.54) is 0 Å². The van der Waals surface area contributed by atoms with Crippen molar-refractivity contribution in [3.63, 3.8) is 0 Å². The summed E-state index contributed by atoms with van der Waals surface area (Å²) in [6, 6.07) is 0. The van der Waals surface area contributed by atoms with Crippen molar-refractivity contribution < 1.29 is 18.3 Å². The van der Waals surface area contributed by atoms with Gasteiger partial charge in [0, 0.05) is 13.1 Å². The molecule has 0 rings (SSSR count). The van der Waals surface area contributed by atoms with E-state index < -0.39 is 22.7 Å². The van der Waals surface area contributed by atoms with Crippen molar-refractivity contribution in [2.24, 2.45) is 5.92 Å². The minimum Gasteiger partial charge on any atom is -0.480 e. The summed E-state index contributed by atoms with van der Waals surface area (Å²) in [5.74, 6) is -0.966. The first-order valence-corrected chi connectivity index (χ1v) is 6.70. The summed E-state index contributed by atoms with van der Waals surface area (Å²) in [6.45, 7) is 5.57. The summed E-state index contributed by atoms with van der Waals surface area (Å²) in [7, 11) is -3.67. The number of nitrogens with zero attached hydrogens (tertiary/aromatic N) is 1. The lowest BCUT2D eigenvalue weighted by atomic mass is 10.2. The van der Waals surface area contributed by atoms with Gasteiger partial charge in [-0.15, -0.1) is 0 Å². The van der Waals surface area contributed by atoms with Gasteiger partial charge in [-0.2, -0.15) is 12.7 Å². The molecule has 0 aliphatic carbocycles. The minimum absolute atomic E-state index is 0.183. The molecule has 96 valence electrons. The predicted molar refractivity (Wildman–Crippen MR) is 61.3 cm³/mol. The van der Waals surface area contributed by atoms with E-state index in [2.05, 4.69) is 4.72 Å². The number of hydrogen-bond acceptors (Lipinski definition) is 3. The van der Waals surface area contributed by atoms with Crippen LogP contribution >= 0.6 is 0 Å². The Kier molecular flexibility index (Phi) is 6.54. The second kappa shape index (κ2) is 6.82. The SMILES string of the molecule is CCCN(CC(=O)O)S(=O)(=O)NCC(C)C. The van der Waals surface area contributed by atoms with E-state index in [4.69, 9.17) is 5.11 Å². The van der Waals surface area contributed by atoms with E-state index >= 15 is 0 Å². The zero-order valence-electron chi connectivity index (χ0n) is 9.93. The van der Waals surface area contributed by atoms with Crippen LogP contribution in [0.4, 0.5) is 0 Å². The van der Waals surface area contributed by atoms with Gasteiger partial charge in [-0.25, -0.2) is 4.72 Å². The van der Waals surface area contributed by atoms with Gasteiger partial charge in [0.1, 0.15) is 6.54 Å². The molecule has 0 spiro atoms. The van der Waals surface area contributed by atoms with E-state index in [0.29, 0.717) is 13.0 Å². The van der Waals surface area contributed by atoms with Gasteiger partial charge in [0.2, 0.25) is 0 Å². The normalized spacial score (nSPS) is 12.3. The third-order valence-corrected chi connectivity index (χ3v) is 3.32. The van der Waals surface area contributed by atoms with Gasteiger partial charge >= 0.3 is 5.97 Å². The second-order valence-corrected chi connectivity index (χ2v) is 5.73. The van der Waals surface area contributed by atoms with Crippen LogP contribution in [0.2, 0.25) is 0 Å². The molecule has 0 saturated carbocycles. The van der Waals surface area contributed by atoms with Crippen LogP contribution < -0.4 is 4.72 Å². The van der Waals surface area contributed by atoms with Crippen molar-refractivity contribution in [3.8, 4) is 0 Å². The third-order valence-electron chi connectivity index (χ3n) is 1.80. The van der Waals surface area contributed by atoms with Crippen molar-refractivity contribution in [2.75, 3.05) is 19.6 Å². The first-order chi connectivity index (χ1) is 7.29. The molecule has 2 N–H and O–H groups in total. The maximum absolute atomic E-state index is 11.7. The van der Waals surface area contributed by atoms with Crippen LogP contribution in [0.15, 0.2) is 0 Å². The van der Waals surface area contributed by atoms with Crippen LogP contribution in [0.3, 0.4) is 0 Å². The highest BCUT2D eigenvalue weighted by Gasteiger charge is 2.23. The number of carboxylic acids is 1. The molecule has 16 heavy (non-hydrogen) atoms. The highest BCUT2D eigenvalue weighted by Crippen LogP contribution is 2.01. The van der Waals surface area contributed by atoms with Crippen molar-refractivity contribution in [2.45, 2.75) is 27.2 Å². The molecular weight excluding hydrogens is 232 g/mol. The molecule has 0 radical (unpaired) electrons. The number of rotatable bonds is 8.